The van der Waals surface area contributed by atoms with E-state index >= 15 is 0 Å². The van der Waals surface area contributed by atoms with Crippen LogP contribution in [-0.4, -0.2) is 64.7 Å². The Kier molecular flexibility index (Phi) is 4.08. The maximum Gasteiger partial charge on any atom is 0.274 e. The summed E-state index contributed by atoms with van der Waals surface area (Å²) in [6.45, 7) is 3.00. The molecule has 27 heavy (non-hydrogen) atoms. The lowest BCUT2D eigenvalue weighted by Crippen LogP contribution is -2.60. The van der Waals surface area contributed by atoms with Crippen LogP contribution in [0, 0.1) is 5.92 Å². The SMILES string of the molecule is COc1cccc([C@@H]2CN(C(=O)c3cccnn3)[C@H]3C4CCN(CC4)[C@@H]23)c1. The summed E-state index contributed by atoms with van der Waals surface area (Å²) in [6.07, 6.45) is 3.96. The Hall–Kier alpha value is -2.47. The summed E-state index contributed by atoms with van der Waals surface area (Å²) in [4.78, 5) is 17.9. The van der Waals surface area contributed by atoms with Crippen LogP contribution in [0.1, 0.15) is 34.8 Å². The van der Waals surface area contributed by atoms with Gasteiger partial charge in [-0.2, -0.15) is 5.10 Å². The molecule has 5 heterocycles. The Morgan fingerprint density at radius 1 is 1.15 bits per heavy atom. The van der Waals surface area contributed by atoms with Gasteiger partial charge in [-0.25, -0.2) is 0 Å². The molecule has 6 rings (SSSR count). The predicted molar refractivity (Wildman–Crippen MR) is 101 cm³/mol. The predicted octanol–water partition coefficient (Wildman–Crippen LogP) is 2.19. The summed E-state index contributed by atoms with van der Waals surface area (Å²) >= 11 is 0. The van der Waals surface area contributed by atoms with Gasteiger partial charge in [0.1, 0.15) is 5.75 Å². The molecule has 3 atom stereocenters. The van der Waals surface area contributed by atoms with Crippen molar-refractivity contribution in [2.75, 3.05) is 26.7 Å². The maximum atomic E-state index is 13.3. The molecule has 1 amide bonds. The number of piperidine rings is 3. The van der Waals surface area contributed by atoms with Crippen LogP contribution in [0.25, 0.3) is 0 Å². The number of ether oxygens (including phenoxy) is 1. The first kappa shape index (κ1) is 16.7. The van der Waals surface area contributed by atoms with E-state index in [9.17, 15) is 4.79 Å². The summed E-state index contributed by atoms with van der Waals surface area (Å²) in [5, 5.41) is 7.98. The van der Waals surface area contributed by atoms with Crippen LogP contribution in [0.2, 0.25) is 0 Å². The van der Waals surface area contributed by atoms with E-state index in [0.29, 0.717) is 23.6 Å². The van der Waals surface area contributed by atoms with Gasteiger partial charge in [0.2, 0.25) is 0 Å². The number of nitrogens with zero attached hydrogens (tertiary/aromatic N) is 4. The summed E-state index contributed by atoms with van der Waals surface area (Å²) in [6, 6.07) is 12.5. The van der Waals surface area contributed by atoms with Crippen molar-refractivity contribution in [3.8, 4) is 5.75 Å². The number of fused-ring (bicyclic) bond motifs is 2. The first-order chi connectivity index (χ1) is 13.3. The molecule has 4 aliphatic heterocycles. The van der Waals surface area contributed by atoms with Crippen LogP contribution >= 0.6 is 0 Å². The van der Waals surface area contributed by atoms with E-state index in [1.807, 2.05) is 12.1 Å². The van der Waals surface area contributed by atoms with Crippen molar-refractivity contribution < 1.29 is 9.53 Å². The van der Waals surface area contributed by atoms with E-state index in [-0.39, 0.29) is 11.9 Å². The molecule has 2 aromatic rings. The molecule has 1 aromatic heterocycles. The van der Waals surface area contributed by atoms with Crippen molar-refractivity contribution in [2.45, 2.75) is 30.8 Å². The molecule has 140 valence electrons. The number of hydrogen-bond acceptors (Lipinski definition) is 5. The Labute approximate surface area is 159 Å². The number of likely N-dealkylation sites (tertiary alicyclic amines) is 1. The molecule has 6 nitrogen and oxygen atoms in total. The molecule has 0 unspecified atom stereocenters. The highest BCUT2D eigenvalue weighted by Gasteiger charge is 2.54. The van der Waals surface area contributed by atoms with E-state index in [1.54, 1.807) is 25.4 Å². The zero-order valence-electron chi connectivity index (χ0n) is 15.5. The lowest BCUT2D eigenvalue weighted by molar-refractivity contribution is -0.00362. The minimum Gasteiger partial charge on any atom is -0.497 e. The van der Waals surface area contributed by atoms with Gasteiger partial charge in [0, 0.05) is 24.7 Å². The van der Waals surface area contributed by atoms with E-state index in [0.717, 1.165) is 25.4 Å². The monoisotopic (exact) mass is 364 g/mol. The molecule has 1 aromatic carbocycles. The molecule has 2 bridgehead atoms. The smallest absolute Gasteiger partial charge is 0.274 e. The fourth-order valence-electron chi connectivity index (χ4n) is 5.38. The molecular weight excluding hydrogens is 340 g/mol. The summed E-state index contributed by atoms with van der Waals surface area (Å²) < 4.78 is 5.44. The van der Waals surface area contributed by atoms with Crippen molar-refractivity contribution in [3.63, 3.8) is 0 Å². The molecular formula is C21H24N4O2. The second kappa shape index (κ2) is 6.60. The molecule has 0 radical (unpaired) electrons. The minimum atomic E-state index is 0.0113. The van der Waals surface area contributed by atoms with Gasteiger partial charge >= 0.3 is 0 Å². The van der Waals surface area contributed by atoms with Gasteiger partial charge in [-0.15, -0.1) is 5.10 Å². The Morgan fingerprint density at radius 3 is 2.74 bits per heavy atom. The Balaban J connectivity index is 1.53. The number of amides is 1. The van der Waals surface area contributed by atoms with Crippen molar-refractivity contribution in [1.82, 2.24) is 20.0 Å². The van der Waals surface area contributed by atoms with Crippen LogP contribution < -0.4 is 4.74 Å². The van der Waals surface area contributed by atoms with E-state index in [1.165, 1.54) is 18.4 Å². The summed E-state index contributed by atoms with van der Waals surface area (Å²) in [5.41, 5.74) is 1.70. The molecule has 4 fully saturated rings. The van der Waals surface area contributed by atoms with Gasteiger partial charge in [0.05, 0.1) is 13.2 Å². The van der Waals surface area contributed by atoms with Crippen molar-refractivity contribution in [2.24, 2.45) is 5.92 Å². The van der Waals surface area contributed by atoms with E-state index < -0.39 is 0 Å². The quantitative estimate of drug-likeness (QED) is 0.836. The molecule has 0 saturated carbocycles. The summed E-state index contributed by atoms with van der Waals surface area (Å²) in [5.74, 6) is 1.76. The molecule has 6 heteroatoms. The highest BCUT2D eigenvalue weighted by molar-refractivity contribution is 5.92. The van der Waals surface area contributed by atoms with Gasteiger partial charge in [-0.1, -0.05) is 12.1 Å². The largest absolute Gasteiger partial charge is 0.497 e. The molecule has 4 aliphatic rings. The van der Waals surface area contributed by atoms with Crippen LogP contribution in [0.15, 0.2) is 42.6 Å². The standard InChI is InChI=1S/C21H24N4O2/c1-27-16-5-2-4-15(12-16)17-13-25(21(26)18-6-3-9-22-23-18)19-14-7-10-24(11-8-14)20(17)19/h2-6,9,12,14,17,19-20H,7-8,10-11,13H2,1H3/t17-,19-,20-/m0/s1. The van der Waals surface area contributed by atoms with E-state index in [2.05, 4.69) is 32.1 Å². The van der Waals surface area contributed by atoms with Crippen LogP contribution in [0.3, 0.4) is 0 Å². The number of carbonyl (C=O) groups excluding carboxylic acids is 1. The average molecular weight is 364 g/mol. The third-order valence-corrected chi connectivity index (χ3v) is 6.57. The first-order valence-electron chi connectivity index (χ1n) is 9.73. The van der Waals surface area contributed by atoms with Crippen molar-refractivity contribution in [3.05, 3.63) is 53.9 Å². The molecule has 0 spiro atoms. The number of aromatic nitrogens is 2. The lowest BCUT2D eigenvalue weighted by atomic mass is 9.75. The van der Waals surface area contributed by atoms with E-state index in [4.69, 9.17) is 4.74 Å². The maximum absolute atomic E-state index is 13.3. The Bertz CT molecular complexity index is 835. The number of rotatable bonds is 3. The topological polar surface area (TPSA) is 58.6 Å². The highest BCUT2D eigenvalue weighted by atomic mass is 16.5. The molecule has 0 aliphatic carbocycles. The molecule has 4 saturated heterocycles. The normalized spacial score (nSPS) is 31.6. The number of hydrogen-bond donors (Lipinski definition) is 0. The fourth-order valence-corrected chi connectivity index (χ4v) is 5.38. The fraction of sp³-hybridized carbons (Fsp3) is 0.476. The first-order valence-corrected chi connectivity index (χ1v) is 9.73. The van der Waals surface area contributed by atoms with Crippen LogP contribution in [0.4, 0.5) is 0 Å². The third kappa shape index (κ3) is 2.70. The van der Waals surface area contributed by atoms with Crippen LogP contribution in [-0.2, 0) is 0 Å². The number of methoxy groups -OCH3 is 1. The van der Waals surface area contributed by atoms with Gasteiger partial charge in [-0.3, -0.25) is 9.69 Å². The highest BCUT2D eigenvalue weighted by Crippen LogP contribution is 2.47. The Morgan fingerprint density at radius 2 is 2.00 bits per heavy atom. The van der Waals surface area contributed by atoms with Crippen LogP contribution in [0.5, 0.6) is 5.75 Å². The summed E-state index contributed by atoms with van der Waals surface area (Å²) in [7, 11) is 1.70. The zero-order valence-corrected chi connectivity index (χ0v) is 15.5. The lowest BCUT2D eigenvalue weighted by Gasteiger charge is -2.51. The van der Waals surface area contributed by atoms with Crippen molar-refractivity contribution >= 4 is 5.91 Å². The van der Waals surface area contributed by atoms with Gasteiger partial charge in [0.15, 0.2) is 5.69 Å². The van der Waals surface area contributed by atoms with Crippen molar-refractivity contribution in [1.29, 1.82) is 0 Å². The van der Waals surface area contributed by atoms with Gasteiger partial charge in [0.25, 0.3) is 5.91 Å². The molecule has 0 N–H and O–H groups in total. The minimum absolute atomic E-state index is 0.0113. The van der Waals surface area contributed by atoms with Gasteiger partial charge < -0.3 is 9.64 Å². The second-order valence-corrected chi connectivity index (χ2v) is 7.80. The number of benzene rings is 1. The number of carbonyl (C=O) groups is 1. The zero-order chi connectivity index (χ0) is 18.4. The average Bonchev–Trinajstić information content (AvgIpc) is 3.18. The van der Waals surface area contributed by atoms with Gasteiger partial charge in [-0.05, 0) is 61.7 Å². The second-order valence-electron chi connectivity index (χ2n) is 7.80. The third-order valence-electron chi connectivity index (χ3n) is 6.57.